The van der Waals surface area contributed by atoms with Crippen LogP contribution in [-0.2, 0) is 9.59 Å². The highest BCUT2D eigenvalue weighted by atomic mass is 32.2. The van der Waals surface area contributed by atoms with Crippen LogP contribution in [0.3, 0.4) is 0 Å². The summed E-state index contributed by atoms with van der Waals surface area (Å²) in [5.41, 5.74) is 0. The lowest BCUT2D eigenvalue weighted by Gasteiger charge is -2.23. The molecule has 13 heavy (non-hydrogen) atoms. The molecule has 0 radical (unpaired) electrons. The molecular weight excluding hydrogens is 188 g/mol. The summed E-state index contributed by atoms with van der Waals surface area (Å²) >= 11 is 1.35. The normalized spacial score (nSPS) is 17.3. The molecule has 2 amide bonds. The van der Waals surface area contributed by atoms with Crippen LogP contribution in [0.15, 0.2) is 0 Å². The van der Waals surface area contributed by atoms with Crippen molar-refractivity contribution in [2.45, 2.75) is 12.8 Å². The number of nitriles is 1. The van der Waals surface area contributed by atoms with E-state index in [-0.39, 0.29) is 11.8 Å². The minimum atomic E-state index is -0.126. The molecule has 4 nitrogen and oxygen atoms in total. The summed E-state index contributed by atoms with van der Waals surface area (Å²) in [4.78, 5) is 23.7. The Balaban J connectivity index is 2.41. The molecule has 0 aliphatic carbocycles. The highest BCUT2D eigenvalue weighted by Crippen LogP contribution is 2.12. The molecule has 0 spiro atoms. The first-order valence-electron chi connectivity index (χ1n) is 4.03. The van der Waals surface area contributed by atoms with Crippen molar-refractivity contribution in [2.75, 3.05) is 18.1 Å². The van der Waals surface area contributed by atoms with Gasteiger partial charge in [-0.1, -0.05) is 0 Å². The van der Waals surface area contributed by atoms with E-state index < -0.39 is 0 Å². The van der Waals surface area contributed by atoms with Crippen molar-refractivity contribution in [1.29, 1.82) is 5.26 Å². The number of rotatable bonds is 3. The highest BCUT2D eigenvalue weighted by molar-refractivity contribution is 8.00. The molecule has 0 bridgehead atoms. The Morgan fingerprint density at radius 1 is 1.38 bits per heavy atom. The van der Waals surface area contributed by atoms with E-state index in [1.54, 1.807) is 0 Å². The zero-order valence-corrected chi connectivity index (χ0v) is 7.97. The maximum absolute atomic E-state index is 11.2. The molecule has 1 aliphatic rings. The second-order valence-electron chi connectivity index (χ2n) is 2.69. The van der Waals surface area contributed by atoms with Gasteiger partial charge in [0.25, 0.3) is 0 Å². The van der Waals surface area contributed by atoms with Crippen molar-refractivity contribution in [3.63, 3.8) is 0 Å². The lowest BCUT2D eigenvalue weighted by atomic mass is 10.3. The number of hydrogen-bond donors (Lipinski definition) is 0. The van der Waals surface area contributed by atoms with Gasteiger partial charge in [0, 0.05) is 13.0 Å². The Morgan fingerprint density at radius 3 is 2.54 bits per heavy atom. The van der Waals surface area contributed by atoms with Crippen molar-refractivity contribution in [1.82, 2.24) is 4.90 Å². The fourth-order valence-electron chi connectivity index (χ4n) is 1.09. The number of carbonyl (C=O) groups is 2. The van der Waals surface area contributed by atoms with Gasteiger partial charge in [0.1, 0.15) is 0 Å². The maximum atomic E-state index is 11.2. The predicted molar refractivity (Wildman–Crippen MR) is 48.9 cm³/mol. The number of imide groups is 1. The minimum absolute atomic E-state index is 0.126. The van der Waals surface area contributed by atoms with Crippen LogP contribution >= 0.6 is 11.8 Å². The number of nitrogens with zero attached hydrogens (tertiary/aromatic N) is 2. The molecule has 5 heteroatoms. The second kappa shape index (κ2) is 4.87. The van der Waals surface area contributed by atoms with Gasteiger partial charge in [-0.3, -0.25) is 14.5 Å². The summed E-state index contributed by atoms with van der Waals surface area (Å²) in [7, 11) is 0. The fraction of sp³-hybridized carbons (Fsp3) is 0.625. The van der Waals surface area contributed by atoms with E-state index in [2.05, 4.69) is 0 Å². The average Bonchev–Trinajstić information content (AvgIpc) is 2.10. The molecule has 0 aromatic heterocycles. The van der Waals surface area contributed by atoms with E-state index in [1.165, 1.54) is 16.7 Å². The largest absolute Gasteiger partial charge is 0.281 e. The van der Waals surface area contributed by atoms with Gasteiger partial charge in [-0.25, -0.2) is 0 Å². The summed E-state index contributed by atoms with van der Waals surface area (Å²) in [6, 6.07) is 1.98. The molecule has 0 N–H and O–H groups in total. The molecular formula is C8H10N2O2S. The predicted octanol–water partition coefficient (Wildman–Crippen LogP) is 0.392. The molecule has 1 heterocycles. The lowest BCUT2D eigenvalue weighted by Crippen LogP contribution is -2.43. The molecule has 0 aromatic rings. The van der Waals surface area contributed by atoms with Gasteiger partial charge in [-0.05, 0) is 6.42 Å². The van der Waals surface area contributed by atoms with Gasteiger partial charge in [-0.15, -0.1) is 11.8 Å². The van der Waals surface area contributed by atoms with E-state index in [1.807, 2.05) is 6.07 Å². The number of hydrogen-bond acceptors (Lipinski definition) is 4. The van der Waals surface area contributed by atoms with Crippen LogP contribution in [0.5, 0.6) is 0 Å². The van der Waals surface area contributed by atoms with Crippen LogP contribution < -0.4 is 0 Å². The summed E-state index contributed by atoms with van der Waals surface area (Å²) < 4.78 is 0. The van der Waals surface area contributed by atoms with Crippen LogP contribution in [0.2, 0.25) is 0 Å². The molecule has 0 unspecified atom stereocenters. The molecule has 0 atom stereocenters. The van der Waals surface area contributed by atoms with E-state index >= 15 is 0 Å². The zero-order chi connectivity index (χ0) is 9.68. The van der Waals surface area contributed by atoms with Crippen molar-refractivity contribution in [3.8, 4) is 6.07 Å². The van der Waals surface area contributed by atoms with Crippen LogP contribution in [0.1, 0.15) is 12.8 Å². The monoisotopic (exact) mass is 198 g/mol. The first kappa shape index (κ1) is 10.1. The topological polar surface area (TPSA) is 61.2 Å². The fourth-order valence-corrected chi connectivity index (χ4v) is 1.85. The minimum Gasteiger partial charge on any atom is -0.281 e. The summed E-state index contributed by atoms with van der Waals surface area (Å²) in [6.07, 6.45) is 0.975. The number of carbonyl (C=O) groups excluding carboxylic acids is 2. The van der Waals surface area contributed by atoms with Crippen LogP contribution in [0, 0.1) is 11.3 Å². The molecule has 70 valence electrons. The van der Waals surface area contributed by atoms with Crippen molar-refractivity contribution < 1.29 is 9.59 Å². The third kappa shape index (κ3) is 2.74. The molecule has 0 saturated carbocycles. The summed E-state index contributed by atoms with van der Waals surface area (Å²) in [5.74, 6) is 0.523. The summed E-state index contributed by atoms with van der Waals surface area (Å²) in [6.45, 7) is 0.395. The third-order valence-corrected chi connectivity index (χ3v) is 2.63. The van der Waals surface area contributed by atoms with E-state index in [4.69, 9.17) is 5.26 Å². The molecule has 1 rings (SSSR count). The van der Waals surface area contributed by atoms with Gasteiger partial charge in [0.2, 0.25) is 11.8 Å². The van der Waals surface area contributed by atoms with Gasteiger partial charge in [0.15, 0.2) is 0 Å². The van der Waals surface area contributed by atoms with Crippen molar-refractivity contribution in [2.24, 2.45) is 0 Å². The Bertz CT molecular complexity index is 243. The highest BCUT2D eigenvalue weighted by Gasteiger charge is 2.25. The van der Waals surface area contributed by atoms with Gasteiger partial charge < -0.3 is 0 Å². The molecule has 1 saturated heterocycles. The van der Waals surface area contributed by atoms with E-state index in [0.717, 1.165) is 0 Å². The third-order valence-electron chi connectivity index (χ3n) is 1.72. The number of amides is 2. The quantitative estimate of drug-likeness (QED) is 0.486. The van der Waals surface area contributed by atoms with E-state index in [9.17, 15) is 9.59 Å². The molecule has 1 fully saturated rings. The van der Waals surface area contributed by atoms with Gasteiger partial charge >= 0.3 is 0 Å². The molecule has 0 aromatic carbocycles. The standard InChI is InChI=1S/C8H10N2O2S/c9-3-1-2-4-10-7(11)5-13-6-8(10)12/h1-2,4-6H2. The smallest absolute Gasteiger partial charge is 0.239 e. The second-order valence-corrected chi connectivity index (χ2v) is 3.68. The first-order valence-corrected chi connectivity index (χ1v) is 5.19. The Hall–Kier alpha value is -1.02. The van der Waals surface area contributed by atoms with Crippen LogP contribution in [0.25, 0.3) is 0 Å². The van der Waals surface area contributed by atoms with Crippen LogP contribution in [-0.4, -0.2) is 34.8 Å². The number of thioether (sulfide) groups is 1. The first-order chi connectivity index (χ1) is 6.25. The number of unbranched alkanes of at least 4 members (excludes halogenated alkanes) is 1. The average molecular weight is 198 g/mol. The van der Waals surface area contributed by atoms with Gasteiger partial charge in [0.05, 0.1) is 17.6 Å². The van der Waals surface area contributed by atoms with Crippen LogP contribution in [0.4, 0.5) is 0 Å². The Labute approximate surface area is 80.9 Å². The Kier molecular flexibility index (Phi) is 3.77. The van der Waals surface area contributed by atoms with E-state index in [0.29, 0.717) is 30.9 Å². The van der Waals surface area contributed by atoms with Crippen molar-refractivity contribution in [3.05, 3.63) is 0 Å². The lowest BCUT2D eigenvalue weighted by molar-refractivity contribution is -0.142. The zero-order valence-electron chi connectivity index (χ0n) is 7.15. The Morgan fingerprint density at radius 2 is 2.00 bits per heavy atom. The summed E-state index contributed by atoms with van der Waals surface area (Å²) in [5, 5.41) is 8.29. The maximum Gasteiger partial charge on any atom is 0.239 e. The SMILES string of the molecule is N#CCCCN1C(=O)CSCC1=O. The van der Waals surface area contributed by atoms with Gasteiger partial charge in [-0.2, -0.15) is 5.26 Å². The molecule has 1 aliphatic heterocycles. The van der Waals surface area contributed by atoms with Crippen molar-refractivity contribution >= 4 is 23.6 Å².